The molecular formula is C22H24N4O3. The van der Waals surface area contributed by atoms with Crippen LogP contribution in [-0.2, 0) is 13.6 Å². The van der Waals surface area contributed by atoms with Gasteiger partial charge in [-0.1, -0.05) is 6.07 Å². The second kappa shape index (κ2) is 7.06. The van der Waals surface area contributed by atoms with E-state index in [0.717, 1.165) is 58.7 Å². The zero-order valence-electron chi connectivity index (χ0n) is 16.7. The summed E-state index contributed by atoms with van der Waals surface area (Å²) in [6.07, 6.45) is 3.13. The van der Waals surface area contributed by atoms with E-state index < -0.39 is 0 Å². The van der Waals surface area contributed by atoms with Gasteiger partial charge >= 0.3 is 0 Å². The highest BCUT2D eigenvalue weighted by Crippen LogP contribution is 2.40. The molecule has 0 spiro atoms. The number of aromatic nitrogens is 3. The molecule has 1 aliphatic carbocycles. The van der Waals surface area contributed by atoms with E-state index in [4.69, 9.17) is 14.5 Å². The maximum atomic E-state index is 13.1. The Balaban J connectivity index is 1.41. The summed E-state index contributed by atoms with van der Waals surface area (Å²) in [5, 5.41) is 8.35. The van der Waals surface area contributed by atoms with Crippen molar-refractivity contribution in [2.75, 3.05) is 13.2 Å². The van der Waals surface area contributed by atoms with Crippen molar-refractivity contribution in [3.05, 3.63) is 46.8 Å². The van der Waals surface area contributed by atoms with Crippen molar-refractivity contribution in [3.63, 3.8) is 0 Å². The van der Waals surface area contributed by atoms with Crippen LogP contribution in [0.15, 0.2) is 24.3 Å². The molecule has 1 amide bonds. The maximum absolute atomic E-state index is 13.1. The average Bonchev–Trinajstić information content (AvgIpc) is 3.54. The van der Waals surface area contributed by atoms with Gasteiger partial charge < -0.3 is 14.8 Å². The van der Waals surface area contributed by atoms with Crippen LogP contribution < -0.4 is 14.8 Å². The Kier molecular flexibility index (Phi) is 4.38. The Morgan fingerprint density at radius 1 is 1.21 bits per heavy atom. The standard InChI is InChI=1S/C22H24N4O3/c1-13-20-16(11-17(15-5-6-15)24-21(20)26(2)25-13)22(27)23-12-14-4-7-18-19(10-14)29-9-3-8-28-18/h4,7,10-11,15H,3,5-6,8-9,12H2,1-2H3,(H,23,27). The van der Waals surface area contributed by atoms with Crippen LogP contribution in [0.4, 0.5) is 0 Å². The summed E-state index contributed by atoms with van der Waals surface area (Å²) in [5.74, 6) is 1.85. The Hall–Kier alpha value is -3.09. The zero-order valence-corrected chi connectivity index (χ0v) is 16.7. The van der Waals surface area contributed by atoms with E-state index in [2.05, 4.69) is 10.4 Å². The fourth-order valence-corrected chi connectivity index (χ4v) is 3.83. The minimum absolute atomic E-state index is 0.109. The second-order valence-corrected chi connectivity index (χ2v) is 7.79. The molecule has 1 aromatic carbocycles. The Morgan fingerprint density at radius 3 is 2.79 bits per heavy atom. The lowest BCUT2D eigenvalue weighted by molar-refractivity contribution is 0.0952. The van der Waals surface area contributed by atoms with Crippen molar-refractivity contribution in [2.45, 2.75) is 38.6 Å². The topological polar surface area (TPSA) is 78.3 Å². The summed E-state index contributed by atoms with van der Waals surface area (Å²) in [7, 11) is 1.87. The number of rotatable bonds is 4. The third-order valence-electron chi connectivity index (χ3n) is 5.49. The number of carbonyl (C=O) groups excluding carboxylic acids is 1. The van der Waals surface area contributed by atoms with Gasteiger partial charge in [-0.3, -0.25) is 9.48 Å². The first-order valence-electron chi connectivity index (χ1n) is 10.1. The largest absolute Gasteiger partial charge is 0.490 e. The summed E-state index contributed by atoms with van der Waals surface area (Å²) < 4.78 is 13.2. The maximum Gasteiger partial charge on any atom is 0.252 e. The van der Waals surface area contributed by atoms with E-state index in [1.807, 2.05) is 38.2 Å². The van der Waals surface area contributed by atoms with Gasteiger partial charge in [0.05, 0.1) is 29.9 Å². The molecule has 0 bridgehead atoms. The molecule has 150 valence electrons. The molecule has 2 aromatic heterocycles. The molecule has 2 aliphatic rings. The third kappa shape index (κ3) is 3.41. The number of fused-ring (bicyclic) bond motifs is 2. The monoisotopic (exact) mass is 392 g/mol. The fraction of sp³-hybridized carbons (Fsp3) is 0.409. The summed E-state index contributed by atoms with van der Waals surface area (Å²) in [6.45, 7) is 3.63. The van der Waals surface area contributed by atoms with Crippen molar-refractivity contribution < 1.29 is 14.3 Å². The molecule has 1 saturated carbocycles. The molecule has 1 N–H and O–H groups in total. The molecule has 0 radical (unpaired) electrons. The van der Waals surface area contributed by atoms with Gasteiger partial charge in [0.2, 0.25) is 0 Å². The first kappa shape index (κ1) is 18.0. The van der Waals surface area contributed by atoms with Crippen LogP contribution in [0.1, 0.15) is 52.5 Å². The predicted molar refractivity (Wildman–Crippen MR) is 108 cm³/mol. The van der Waals surface area contributed by atoms with Crippen molar-refractivity contribution >= 4 is 16.9 Å². The number of hydrogen-bond acceptors (Lipinski definition) is 5. The van der Waals surface area contributed by atoms with Crippen molar-refractivity contribution in [1.82, 2.24) is 20.1 Å². The SMILES string of the molecule is Cc1nn(C)c2nc(C3CC3)cc(C(=O)NCc3ccc4c(c3)OCCCO4)c12. The van der Waals surface area contributed by atoms with Crippen LogP contribution in [-0.4, -0.2) is 33.9 Å². The molecule has 1 fully saturated rings. The summed E-state index contributed by atoms with van der Waals surface area (Å²) in [6, 6.07) is 7.75. The van der Waals surface area contributed by atoms with E-state index in [9.17, 15) is 4.79 Å². The first-order valence-corrected chi connectivity index (χ1v) is 10.1. The quantitative estimate of drug-likeness (QED) is 0.737. The lowest BCUT2D eigenvalue weighted by Gasteiger charge is -2.11. The number of pyridine rings is 1. The average molecular weight is 392 g/mol. The Morgan fingerprint density at radius 2 is 2.00 bits per heavy atom. The summed E-state index contributed by atoms with van der Waals surface area (Å²) in [4.78, 5) is 17.9. The molecule has 7 nitrogen and oxygen atoms in total. The van der Waals surface area contributed by atoms with Crippen LogP contribution >= 0.6 is 0 Å². The van der Waals surface area contributed by atoms with Crippen LogP contribution in [0.2, 0.25) is 0 Å². The number of amides is 1. The Labute approximate surface area is 169 Å². The number of ether oxygens (including phenoxy) is 2. The van der Waals surface area contributed by atoms with Crippen LogP contribution in [0.25, 0.3) is 11.0 Å². The predicted octanol–water partition coefficient (Wildman–Crippen LogP) is 3.25. The molecule has 0 saturated heterocycles. The molecule has 0 unspecified atom stereocenters. The molecule has 3 heterocycles. The number of nitrogens with zero attached hydrogens (tertiary/aromatic N) is 3. The van der Waals surface area contributed by atoms with Crippen molar-refractivity contribution in [1.29, 1.82) is 0 Å². The summed E-state index contributed by atoms with van der Waals surface area (Å²) in [5.41, 5.74) is 4.20. The first-order chi connectivity index (χ1) is 14.1. The molecule has 7 heteroatoms. The minimum Gasteiger partial charge on any atom is -0.490 e. The van der Waals surface area contributed by atoms with Crippen molar-refractivity contribution in [2.24, 2.45) is 7.05 Å². The van der Waals surface area contributed by atoms with Gasteiger partial charge in [0.1, 0.15) is 0 Å². The second-order valence-electron chi connectivity index (χ2n) is 7.79. The van der Waals surface area contributed by atoms with Gasteiger partial charge in [0.25, 0.3) is 5.91 Å². The van der Waals surface area contributed by atoms with Gasteiger partial charge in [0, 0.05) is 31.6 Å². The highest BCUT2D eigenvalue weighted by atomic mass is 16.5. The third-order valence-corrected chi connectivity index (χ3v) is 5.49. The summed E-state index contributed by atoms with van der Waals surface area (Å²) >= 11 is 0. The van der Waals surface area contributed by atoms with Gasteiger partial charge in [-0.25, -0.2) is 4.98 Å². The normalized spacial score (nSPS) is 15.9. The zero-order chi connectivity index (χ0) is 20.0. The van der Waals surface area contributed by atoms with E-state index >= 15 is 0 Å². The van der Waals surface area contributed by atoms with E-state index in [0.29, 0.717) is 31.2 Å². The van der Waals surface area contributed by atoms with E-state index in [1.54, 1.807) is 4.68 Å². The lowest BCUT2D eigenvalue weighted by atomic mass is 10.1. The number of aryl methyl sites for hydroxylation is 2. The van der Waals surface area contributed by atoms with E-state index in [-0.39, 0.29) is 5.91 Å². The van der Waals surface area contributed by atoms with Crippen LogP contribution in [0.3, 0.4) is 0 Å². The number of nitrogens with one attached hydrogen (secondary N) is 1. The number of benzene rings is 1. The van der Waals surface area contributed by atoms with Crippen LogP contribution in [0, 0.1) is 6.92 Å². The lowest BCUT2D eigenvalue weighted by Crippen LogP contribution is -2.23. The van der Waals surface area contributed by atoms with Gasteiger partial charge in [-0.05, 0) is 43.5 Å². The molecular weight excluding hydrogens is 368 g/mol. The molecule has 5 rings (SSSR count). The smallest absolute Gasteiger partial charge is 0.252 e. The van der Waals surface area contributed by atoms with Gasteiger partial charge in [-0.2, -0.15) is 5.10 Å². The van der Waals surface area contributed by atoms with Gasteiger partial charge in [0.15, 0.2) is 17.1 Å². The molecule has 0 atom stereocenters. The molecule has 29 heavy (non-hydrogen) atoms. The molecule has 3 aromatic rings. The number of carbonyl (C=O) groups is 1. The Bertz CT molecular complexity index is 1100. The van der Waals surface area contributed by atoms with Gasteiger partial charge in [-0.15, -0.1) is 0 Å². The van der Waals surface area contributed by atoms with E-state index in [1.165, 1.54) is 0 Å². The minimum atomic E-state index is -0.109. The van der Waals surface area contributed by atoms with Crippen molar-refractivity contribution in [3.8, 4) is 11.5 Å². The molecule has 1 aliphatic heterocycles. The number of hydrogen-bond donors (Lipinski definition) is 1. The highest BCUT2D eigenvalue weighted by Gasteiger charge is 2.28. The fourth-order valence-electron chi connectivity index (χ4n) is 3.83. The van der Waals surface area contributed by atoms with Crippen LogP contribution in [0.5, 0.6) is 11.5 Å². The highest BCUT2D eigenvalue weighted by molar-refractivity contribution is 6.06.